The van der Waals surface area contributed by atoms with E-state index < -0.39 is 29.7 Å². The zero-order valence-electron chi connectivity index (χ0n) is 29.5. The van der Waals surface area contributed by atoms with Gasteiger partial charge in [0.1, 0.15) is 24.0 Å². The number of amides is 5. The number of halogens is 1. The molecule has 0 bridgehead atoms. The summed E-state index contributed by atoms with van der Waals surface area (Å²) in [6.45, 7) is 9.61. The van der Waals surface area contributed by atoms with Gasteiger partial charge in [-0.2, -0.15) is 5.26 Å². The fourth-order valence-electron chi connectivity index (χ4n) is 7.85. The Morgan fingerprint density at radius 1 is 0.904 bits per heavy atom. The number of ether oxygens (including phenoxy) is 1. The minimum Gasteiger partial charge on any atom is -0.489 e. The van der Waals surface area contributed by atoms with Crippen molar-refractivity contribution in [3.63, 3.8) is 0 Å². The summed E-state index contributed by atoms with van der Waals surface area (Å²) in [5, 5.41) is 21.6. The fourth-order valence-corrected chi connectivity index (χ4v) is 8.06. The third kappa shape index (κ3) is 6.93. The number of benzene rings is 3. The van der Waals surface area contributed by atoms with Crippen LogP contribution in [0.15, 0.2) is 60.7 Å². The number of rotatable bonds is 12. The molecular weight excluding hydrogens is 684 g/mol. The molecule has 3 aromatic carbocycles. The van der Waals surface area contributed by atoms with E-state index in [1.165, 1.54) is 0 Å². The predicted molar refractivity (Wildman–Crippen MR) is 195 cm³/mol. The fraction of sp³-hybridized carbons (Fsp3) is 0.385. The van der Waals surface area contributed by atoms with Gasteiger partial charge >= 0.3 is 0 Å². The lowest BCUT2D eigenvalue weighted by Crippen LogP contribution is -2.74. The van der Waals surface area contributed by atoms with Crippen LogP contribution in [0, 0.1) is 22.2 Å². The van der Waals surface area contributed by atoms with Crippen molar-refractivity contribution in [2.24, 2.45) is 10.8 Å². The van der Waals surface area contributed by atoms with Gasteiger partial charge in [0.15, 0.2) is 0 Å². The van der Waals surface area contributed by atoms with Crippen LogP contribution in [-0.4, -0.2) is 65.7 Å². The number of anilines is 2. The maximum absolute atomic E-state index is 13.3. The number of unbranched alkanes of at least 4 members (excludes halogenated alkanes) is 1. The third-order valence-electron chi connectivity index (χ3n) is 10.3. The SMILES string of the molecule is CC1(C)[C@H](NC(=O)c2ccc(NCCCCNc3ccc4c(c3)C(=O)N(C3CCC(=O)NC3=O)C4=O)cc2)C(C)(C)[C@H]1Oc1ccc(C#N)c(Cl)c1. The number of piperidine rings is 1. The highest BCUT2D eigenvalue weighted by atomic mass is 35.5. The van der Waals surface area contributed by atoms with E-state index in [-0.39, 0.29) is 52.9 Å². The second kappa shape index (κ2) is 14.3. The molecule has 3 aromatic rings. The van der Waals surface area contributed by atoms with E-state index in [9.17, 15) is 24.0 Å². The molecular formula is C39H41ClN6O6. The molecule has 1 saturated heterocycles. The van der Waals surface area contributed by atoms with E-state index in [1.807, 2.05) is 12.1 Å². The maximum Gasteiger partial charge on any atom is 0.262 e. The smallest absolute Gasteiger partial charge is 0.262 e. The normalized spacial score (nSPS) is 21.4. The predicted octanol–water partition coefficient (Wildman–Crippen LogP) is 5.53. The van der Waals surface area contributed by atoms with Crippen molar-refractivity contribution >= 4 is 52.5 Å². The molecule has 52 heavy (non-hydrogen) atoms. The monoisotopic (exact) mass is 724 g/mol. The van der Waals surface area contributed by atoms with Crippen molar-refractivity contribution in [3.8, 4) is 11.8 Å². The Balaban J connectivity index is 0.935. The molecule has 0 aromatic heterocycles. The standard InChI is InChI=1S/C39H41ClN6O6/c1-38(2)36(39(3,4)37(38)52-26-13-9-23(21-41)29(40)20-26)45-32(48)22-7-10-24(11-8-22)42-17-5-6-18-43-25-12-14-27-28(19-25)35(51)46(34(27)50)30-15-16-31(47)44-33(30)49/h7-14,19-20,30,36-37,42-43H,5-6,15-18H2,1-4H3,(H,45,48)(H,44,47,49)/t30?,36-,37-. The van der Waals surface area contributed by atoms with Gasteiger partial charge in [0.25, 0.3) is 17.7 Å². The lowest BCUT2D eigenvalue weighted by molar-refractivity contribution is -0.164. The molecule has 270 valence electrons. The molecule has 4 N–H and O–H groups in total. The van der Waals surface area contributed by atoms with Crippen LogP contribution in [0.2, 0.25) is 5.02 Å². The van der Waals surface area contributed by atoms with Gasteiger partial charge in [0.05, 0.1) is 21.7 Å². The molecule has 2 heterocycles. The Kier molecular flexibility index (Phi) is 10.0. The molecule has 1 unspecified atom stereocenters. The third-order valence-corrected chi connectivity index (χ3v) is 10.6. The van der Waals surface area contributed by atoms with Crippen LogP contribution in [0.5, 0.6) is 5.75 Å². The summed E-state index contributed by atoms with van der Waals surface area (Å²) in [7, 11) is 0. The highest BCUT2D eigenvalue weighted by molar-refractivity contribution is 6.31. The topological polar surface area (TPSA) is 170 Å². The van der Waals surface area contributed by atoms with Crippen molar-refractivity contribution in [2.45, 2.75) is 71.6 Å². The van der Waals surface area contributed by atoms with E-state index in [0.717, 1.165) is 23.4 Å². The highest BCUT2D eigenvalue weighted by Crippen LogP contribution is 2.55. The summed E-state index contributed by atoms with van der Waals surface area (Å²) >= 11 is 6.21. The Hall–Kier alpha value is -5.41. The quantitative estimate of drug-likeness (QED) is 0.139. The minimum absolute atomic E-state index is 0.0733. The van der Waals surface area contributed by atoms with Gasteiger partial charge in [-0.3, -0.25) is 34.2 Å². The van der Waals surface area contributed by atoms with Crippen LogP contribution in [0.3, 0.4) is 0 Å². The summed E-state index contributed by atoms with van der Waals surface area (Å²) in [4.78, 5) is 64.0. The number of nitriles is 1. The maximum atomic E-state index is 13.3. The first-order valence-electron chi connectivity index (χ1n) is 17.3. The van der Waals surface area contributed by atoms with Crippen LogP contribution < -0.4 is 26.0 Å². The average Bonchev–Trinajstić information content (AvgIpc) is 3.35. The first-order chi connectivity index (χ1) is 24.7. The zero-order chi connectivity index (χ0) is 37.4. The molecule has 13 heteroatoms. The van der Waals surface area contributed by atoms with Gasteiger partial charge in [-0.15, -0.1) is 0 Å². The van der Waals surface area contributed by atoms with Crippen molar-refractivity contribution in [3.05, 3.63) is 87.9 Å². The Morgan fingerprint density at radius 2 is 1.54 bits per heavy atom. The van der Waals surface area contributed by atoms with Gasteiger partial charge in [0, 0.05) is 59.4 Å². The Bertz CT molecular complexity index is 1970. The zero-order valence-corrected chi connectivity index (χ0v) is 30.2. The Labute approximate surface area is 307 Å². The molecule has 12 nitrogen and oxygen atoms in total. The molecule has 3 aliphatic rings. The number of hydrogen-bond donors (Lipinski definition) is 4. The molecule has 0 spiro atoms. The number of carbonyl (C=O) groups excluding carboxylic acids is 5. The van der Waals surface area contributed by atoms with Crippen LogP contribution in [0.1, 0.15) is 90.0 Å². The molecule has 1 atom stereocenters. The van der Waals surface area contributed by atoms with E-state index >= 15 is 0 Å². The van der Waals surface area contributed by atoms with Crippen molar-refractivity contribution in [1.29, 1.82) is 5.26 Å². The molecule has 1 saturated carbocycles. The van der Waals surface area contributed by atoms with Crippen LogP contribution >= 0.6 is 11.6 Å². The van der Waals surface area contributed by atoms with Crippen LogP contribution in [0.4, 0.5) is 11.4 Å². The second-order valence-electron chi connectivity index (χ2n) is 14.6. The highest BCUT2D eigenvalue weighted by Gasteiger charge is 2.64. The molecule has 2 aliphatic heterocycles. The summed E-state index contributed by atoms with van der Waals surface area (Å²) < 4.78 is 6.33. The molecule has 2 fully saturated rings. The average molecular weight is 725 g/mol. The van der Waals surface area contributed by atoms with Crippen molar-refractivity contribution in [2.75, 3.05) is 23.7 Å². The first kappa shape index (κ1) is 36.4. The Morgan fingerprint density at radius 3 is 2.17 bits per heavy atom. The van der Waals surface area contributed by atoms with Gasteiger partial charge in [0.2, 0.25) is 11.8 Å². The summed E-state index contributed by atoms with van der Waals surface area (Å²) in [6.07, 6.45) is 1.67. The second-order valence-corrected chi connectivity index (χ2v) is 15.1. The van der Waals surface area contributed by atoms with Crippen LogP contribution in [-0.2, 0) is 9.59 Å². The number of imide groups is 2. The van der Waals surface area contributed by atoms with Gasteiger partial charge < -0.3 is 20.7 Å². The number of hydrogen-bond acceptors (Lipinski definition) is 9. The van der Waals surface area contributed by atoms with E-state index in [1.54, 1.807) is 48.5 Å². The summed E-state index contributed by atoms with van der Waals surface area (Å²) in [5.41, 5.74) is 2.27. The largest absolute Gasteiger partial charge is 0.489 e. The minimum atomic E-state index is -0.993. The molecule has 5 amide bonds. The van der Waals surface area contributed by atoms with Crippen molar-refractivity contribution < 1.29 is 28.7 Å². The lowest BCUT2D eigenvalue weighted by atomic mass is 9.49. The van der Waals surface area contributed by atoms with Gasteiger partial charge in [-0.1, -0.05) is 39.3 Å². The summed E-state index contributed by atoms with van der Waals surface area (Å²) in [6, 6.07) is 18.2. The van der Waals surface area contributed by atoms with Crippen LogP contribution in [0.25, 0.3) is 0 Å². The molecule has 6 rings (SSSR count). The first-order valence-corrected chi connectivity index (χ1v) is 17.7. The van der Waals surface area contributed by atoms with Crippen molar-refractivity contribution in [1.82, 2.24) is 15.5 Å². The number of carbonyl (C=O) groups is 5. The van der Waals surface area contributed by atoms with E-state index in [4.69, 9.17) is 21.6 Å². The molecule has 1 aliphatic carbocycles. The van der Waals surface area contributed by atoms with E-state index in [0.29, 0.717) is 40.7 Å². The number of fused-ring (bicyclic) bond motifs is 1. The number of nitrogens with zero attached hydrogens (tertiary/aromatic N) is 2. The van der Waals surface area contributed by atoms with Gasteiger partial charge in [-0.05, 0) is 73.9 Å². The number of nitrogens with one attached hydrogen (secondary N) is 4. The summed E-state index contributed by atoms with van der Waals surface area (Å²) in [5.74, 6) is -1.69. The lowest BCUT2D eigenvalue weighted by Gasteiger charge is -2.63. The molecule has 0 radical (unpaired) electrons. The van der Waals surface area contributed by atoms with E-state index in [2.05, 4.69) is 55.0 Å². The van der Waals surface area contributed by atoms with Gasteiger partial charge in [-0.25, -0.2) is 0 Å².